The van der Waals surface area contributed by atoms with Crippen molar-refractivity contribution in [1.82, 2.24) is 4.90 Å². The Kier molecular flexibility index (Phi) is 6.32. The number of hydrogen-bond acceptors (Lipinski definition) is 3. The predicted octanol–water partition coefficient (Wildman–Crippen LogP) is 4.47. The Morgan fingerprint density at radius 1 is 0.968 bits per heavy atom. The third-order valence-electron chi connectivity index (χ3n) is 5.41. The SMILES string of the molecule is CCOc1ccc(CC(=O)Nc2ccc3c(c2)CN(C(=O)c2ccccc2)CC3)cc1. The first-order valence-electron chi connectivity index (χ1n) is 10.6. The molecule has 1 aliphatic rings. The average molecular weight is 415 g/mol. The fraction of sp³-hybridized carbons (Fsp3) is 0.231. The molecule has 0 radical (unpaired) electrons. The van der Waals surface area contributed by atoms with E-state index in [-0.39, 0.29) is 11.8 Å². The molecule has 5 heteroatoms. The topological polar surface area (TPSA) is 58.6 Å². The minimum atomic E-state index is -0.0721. The first-order chi connectivity index (χ1) is 15.1. The zero-order chi connectivity index (χ0) is 21.6. The Morgan fingerprint density at radius 2 is 1.74 bits per heavy atom. The summed E-state index contributed by atoms with van der Waals surface area (Å²) in [7, 11) is 0. The largest absolute Gasteiger partial charge is 0.494 e. The van der Waals surface area contributed by atoms with Crippen LogP contribution < -0.4 is 10.1 Å². The summed E-state index contributed by atoms with van der Waals surface area (Å²) in [5.74, 6) is 0.768. The van der Waals surface area contributed by atoms with Gasteiger partial charge in [-0.05, 0) is 66.4 Å². The van der Waals surface area contributed by atoms with E-state index in [0.717, 1.165) is 29.0 Å². The van der Waals surface area contributed by atoms with Crippen LogP contribution >= 0.6 is 0 Å². The van der Waals surface area contributed by atoms with Gasteiger partial charge in [-0.25, -0.2) is 0 Å². The van der Waals surface area contributed by atoms with Crippen LogP contribution in [0.1, 0.15) is 34.0 Å². The molecule has 0 aliphatic carbocycles. The molecular weight excluding hydrogens is 388 g/mol. The smallest absolute Gasteiger partial charge is 0.254 e. The number of nitrogens with one attached hydrogen (secondary N) is 1. The summed E-state index contributed by atoms with van der Waals surface area (Å²) in [5.41, 5.74) is 4.68. The molecule has 3 aromatic rings. The van der Waals surface area contributed by atoms with E-state index in [9.17, 15) is 9.59 Å². The number of nitrogens with zero attached hydrogens (tertiary/aromatic N) is 1. The zero-order valence-electron chi connectivity index (χ0n) is 17.6. The quantitative estimate of drug-likeness (QED) is 0.648. The van der Waals surface area contributed by atoms with Crippen molar-refractivity contribution in [2.45, 2.75) is 26.3 Å². The summed E-state index contributed by atoms with van der Waals surface area (Å²) in [6.45, 7) is 3.80. The van der Waals surface area contributed by atoms with E-state index < -0.39 is 0 Å². The molecule has 0 spiro atoms. The summed E-state index contributed by atoms with van der Waals surface area (Å²) in [5, 5.41) is 2.98. The highest BCUT2D eigenvalue weighted by Crippen LogP contribution is 2.24. The lowest BCUT2D eigenvalue weighted by atomic mass is 9.98. The van der Waals surface area contributed by atoms with Crippen molar-refractivity contribution < 1.29 is 14.3 Å². The van der Waals surface area contributed by atoms with Crippen molar-refractivity contribution >= 4 is 17.5 Å². The molecular formula is C26H26N2O3. The first-order valence-corrected chi connectivity index (χ1v) is 10.6. The maximum Gasteiger partial charge on any atom is 0.254 e. The van der Waals surface area contributed by atoms with Gasteiger partial charge in [-0.1, -0.05) is 36.4 Å². The normalized spacial score (nSPS) is 12.7. The molecule has 31 heavy (non-hydrogen) atoms. The molecule has 0 bridgehead atoms. The molecule has 2 amide bonds. The van der Waals surface area contributed by atoms with Gasteiger partial charge in [0.1, 0.15) is 5.75 Å². The van der Waals surface area contributed by atoms with Crippen molar-refractivity contribution in [3.05, 3.63) is 95.1 Å². The second kappa shape index (κ2) is 9.47. The average Bonchev–Trinajstić information content (AvgIpc) is 2.80. The van der Waals surface area contributed by atoms with Crippen molar-refractivity contribution in [1.29, 1.82) is 0 Å². The van der Waals surface area contributed by atoms with Gasteiger partial charge in [0.25, 0.3) is 5.91 Å². The lowest BCUT2D eigenvalue weighted by Gasteiger charge is -2.29. The first kappa shape index (κ1) is 20.7. The highest BCUT2D eigenvalue weighted by atomic mass is 16.5. The highest BCUT2D eigenvalue weighted by Gasteiger charge is 2.22. The van der Waals surface area contributed by atoms with Crippen molar-refractivity contribution in [3.8, 4) is 5.75 Å². The van der Waals surface area contributed by atoms with Crippen LogP contribution in [0.15, 0.2) is 72.8 Å². The molecule has 0 unspecified atom stereocenters. The summed E-state index contributed by atoms with van der Waals surface area (Å²) >= 11 is 0. The maximum atomic E-state index is 12.8. The molecule has 158 valence electrons. The number of fused-ring (bicyclic) bond motifs is 1. The fourth-order valence-corrected chi connectivity index (χ4v) is 3.83. The van der Waals surface area contributed by atoms with E-state index in [1.807, 2.05) is 84.6 Å². The number of ether oxygens (including phenoxy) is 1. The Bertz CT molecular complexity index is 1060. The molecule has 1 aliphatic heterocycles. The van der Waals surface area contributed by atoms with E-state index in [1.54, 1.807) is 0 Å². The second-order valence-electron chi connectivity index (χ2n) is 7.63. The van der Waals surface area contributed by atoms with E-state index in [4.69, 9.17) is 4.74 Å². The minimum Gasteiger partial charge on any atom is -0.494 e. The van der Waals surface area contributed by atoms with Crippen molar-refractivity contribution in [2.24, 2.45) is 0 Å². The number of amides is 2. The van der Waals surface area contributed by atoms with E-state index >= 15 is 0 Å². The van der Waals surface area contributed by atoms with Crippen LogP contribution in [-0.4, -0.2) is 29.9 Å². The third kappa shape index (κ3) is 5.12. The van der Waals surface area contributed by atoms with Crippen LogP contribution in [-0.2, 0) is 24.2 Å². The summed E-state index contributed by atoms with van der Waals surface area (Å²) in [6, 6.07) is 22.9. The van der Waals surface area contributed by atoms with Gasteiger partial charge in [0, 0.05) is 24.3 Å². The third-order valence-corrected chi connectivity index (χ3v) is 5.41. The van der Waals surface area contributed by atoms with Crippen LogP contribution in [0.25, 0.3) is 0 Å². The van der Waals surface area contributed by atoms with E-state index in [2.05, 4.69) is 5.32 Å². The molecule has 0 fully saturated rings. The molecule has 1 N–H and O–H groups in total. The number of carbonyl (C=O) groups excluding carboxylic acids is 2. The lowest BCUT2D eigenvalue weighted by Crippen LogP contribution is -2.36. The Morgan fingerprint density at radius 3 is 2.48 bits per heavy atom. The van der Waals surface area contributed by atoms with Gasteiger partial charge in [0.15, 0.2) is 0 Å². The molecule has 4 rings (SSSR count). The van der Waals surface area contributed by atoms with Crippen LogP contribution in [0.2, 0.25) is 0 Å². The molecule has 5 nitrogen and oxygen atoms in total. The van der Waals surface area contributed by atoms with Crippen LogP contribution in [0.3, 0.4) is 0 Å². The molecule has 0 atom stereocenters. The number of anilines is 1. The number of rotatable bonds is 6. The van der Waals surface area contributed by atoms with Gasteiger partial charge >= 0.3 is 0 Å². The Labute approximate surface area is 182 Å². The standard InChI is InChI=1S/C26H26N2O3/c1-2-31-24-12-8-19(9-13-24)16-25(29)27-23-11-10-20-14-15-28(18-22(20)17-23)26(30)21-6-4-3-5-7-21/h3-13,17H,2,14-16,18H2,1H3,(H,27,29). The van der Waals surface area contributed by atoms with Crippen LogP contribution in [0.4, 0.5) is 5.69 Å². The number of hydrogen-bond donors (Lipinski definition) is 1. The molecule has 1 heterocycles. The van der Waals surface area contributed by atoms with Gasteiger partial charge in [-0.15, -0.1) is 0 Å². The maximum absolute atomic E-state index is 12.8. The van der Waals surface area contributed by atoms with Crippen molar-refractivity contribution in [3.63, 3.8) is 0 Å². The molecule has 3 aromatic carbocycles. The Hall–Kier alpha value is -3.60. The van der Waals surface area contributed by atoms with Crippen molar-refractivity contribution in [2.75, 3.05) is 18.5 Å². The minimum absolute atomic E-state index is 0.0381. The van der Waals surface area contributed by atoms with Gasteiger partial charge in [0.05, 0.1) is 13.0 Å². The van der Waals surface area contributed by atoms with E-state index in [1.165, 1.54) is 5.56 Å². The van der Waals surface area contributed by atoms with Gasteiger partial charge in [-0.2, -0.15) is 0 Å². The van der Waals surface area contributed by atoms with Gasteiger partial charge in [0.2, 0.25) is 5.91 Å². The zero-order valence-corrected chi connectivity index (χ0v) is 17.6. The molecule has 0 aromatic heterocycles. The summed E-state index contributed by atoms with van der Waals surface area (Å²) in [6.07, 6.45) is 1.11. The van der Waals surface area contributed by atoms with Gasteiger partial charge in [-0.3, -0.25) is 9.59 Å². The Balaban J connectivity index is 1.40. The molecule has 0 saturated heterocycles. The van der Waals surface area contributed by atoms with Crippen LogP contribution in [0.5, 0.6) is 5.75 Å². The predicted molar refractivity (Wildman–Crippen MR) is 121 cm³/mol. The second-order valence-corrected chi connectivity index (χ2v) is 7.63. The molecule has 0 saturated carbocycles. The fourth-order valence-electron chi connectivity index (χ4n) is 3.83. The van der Waals surface area contributed by atoms with Gasteiger partial charge < -0.3 is 15.0 Å². The highest BCUT2D eigenvalue weighted by molar-refractivity contribution is 5.94. The summed E-state index contributed by atoms with van der Waals surface area (Å²) in [4.78, 5) is 27.2. The monoisotopic (exact) mass is 414 g/mol. The number of carbonyl (C=O) groups is 2. The van der Waals surface area contributed by atoms with E-state index in [0.29, 0.717) is 31.7 Å². The van der Waals surface area contributed by atoms with Crippen LogP contribution in [0, 0.1) is 0 Å². The number of benzene rings is 3. The lowest BCUT2D eigenvalue weighted by molar-refractivity contribution is -0.115. The summed E-state index contributed by atoms with van der Waals surface area (Å²) < 4.78 is 5.44.